The molecule has 0 spiro atoms. The minimum Gasteiger partial charge on any atom is -0.387 e. The zero-order valence-corrected chi connectivity index (χ0v) is 10.1. The second-order valence-electron chi connectivity index (χ2n) is 3.99. The van der Waals surface area contributed by atoms with Crippen LogP contribution in [0.4, 0.5) is 5.69 Å². The third kappa shape index (κ3) is 2.19. The molecule has 1 aliphatic heterocycles. The monoisotopic (exact) mass is 240 g/mol. The third-order valence-electron chi connectivity index (χ3n) is 2.67. The predicted molar refractivity (Wildman–Crippen MR) is 72.0 cm³/mol. The first-order valence-electron chi connectivity index (χ1n) is 5.50. The maximum Gasteiger partial charge on any atom is 0.104 e. The molecular formula is C14H12N2S. The summed E-state index contributed by atoms with van der Waals surface area (Å²) in [4.78, 5) is 6.77. The molecule has 0 saturated carbocycles. The van der Waals surface area contributed by atoms with E-state index in [2.05, 4.69) is 41.4 Å². The van der Waals surface area contributed by atoms with E-state index in [1.165, 1.54) is 15.4 Å². The van der Waals surface area contributed by atoms with E-state index in [0.717, 1.165) is 12.1 Å². The van der Waals surface area contributed by atoms with Crippen LogP contribution in [0.15, 0.2) is 63.3 Å². The zero-order chi connectivity index (χ0) is 11.7. The molecular weight excluding hydrogens is 228 g/mol. The fourth-order valence-corrected chi connectivity index (χ4v) is 2.79. The summed E-state index contributed by atoms with van der Waals surface area (Å²) in [5, 5.41) is 0. The first kappa shape index (κ1) is 10.4. The van der Waals surface area contributed by atoms with Crippen LogP contribution in [-0.4, -0.2) is 5.84 Å². The zero-order valence-electron chi connectivity index (χ0n) is 9.26. The molecule has 0 fully saturated rings. The van der Waals surface area contributed by atoms with Crippen molar-refractivity contribution in [3.8, 4) is 0 Å². The van der Waals surface area contributed by atoms with E-state index in [4.69, 9.17) is 5.73 Å². The Balaban J connectivity index is 1.86. The van der Waals surface area contributed by atoms with Gasteiger partial charge in [0.2, 0.25) is 0 Å². The predicted octanol–water partition coefficient (Wildman–Crippen LogP) is 3.38. The van der Waals surface area contributed by atoms with Gasteiger partial charge in [0.05, 0.1) is 5.69 Å². The molecule has 84 valence electrons. The van der Waals surface area contributed by atoms with Crippen molar-refractivity contribution in [2.75, 3.05) is 0 Å². The Bertz CT molecular complexity index is 576. The van der Waals surface area contributed by atoms with Crippen LogP contribution in [0.3, 0.4) is 0 Å². The van der Waals surface area contributed by atoms with Crippen LogP contribution in [0.5, 0.6) is 0 Å². The van der Waals surface area contributed by atoms with Crippen molar-refractivity contribution in [2.45, 2.75) is 16.2 Å². The van der Waals surface area contributed by atoms with E-state index in [1.54, 1.807) is 11.8 Å². The van der Waals surface area contributed by atoms with Crippen molar-refractivity contribution in [1.82, 2.24) is 0 Å². The van der Waals surface area contributed by atoms with Gasteiger partial charge in [0.1, 0.15) is 5.84 Å². The number of nitrogens with zero attached hydrogens (tertiary/aromatic N) is 1. The normalized spacial score (nSPS) is 13.3. The van der Waals surface area contributed by atoms with Gasteiger partial charge in [0, 0.05) is 16.2 Å². The standard InChI is InChI=1S/C14H12N2S/c15-14-9-10-8-12(6-7-13(10)16-14)17-11-4-2-1-3-5-11/h1-8H,9H2,(H2,15,16). The largest absolute Gasteiger partial charge is 0.387 e. The van der Waals surface area contributed by atoms with E-state index in [-0.39, 0.29) is 0 Å². The van der Waals surface area contributed by atoms with Crippen molar-refractivity contribution < 1.29 is 0 Å². The Labute approximate surface area is 105 Å². The number of nitrogens with two attached hydrogens (primary N) is 1. The minimum atomic E-state index is 0.710. The molecule has 3 heteroatoms. The van der Waals surface area contributed by atoms with Crippen LogP contribution < -0.4 is 5.73 Å². The molecule has 17 heavy (non-hydrogen) atoms. The van der Waals surface area contributed by atoms with Crippen LogP contribution in [-0.2, 0) is 6.42 Å². The van der Waals surface area contributed by atoms with E-state index in [0.29, 0.717) is 5.84 Å². The number of hydrogen-bond acceptors (Lipinski definition) is 3. The maximum absolute atomic E-state index is 5.73. The van der Waals surface area contributed by atoms with Gasteiger partial charge in [-0.2, -0.15) is 0 Å². The van der Waals surface area contributed by atoms with Gasteiger partial charge in [0.15, 0.2) is 0 Å². The molecule has 1 aliphatic rings. The van der Waals surface area contributed by atoms with Crippen LogP contribution in [0.2, 0.25) is 0 Å². The number of hydrogen-bond donors (Lipinski definition) is 1. The van der Waals surface area contributed by atoms with Gasteiger partial charge < -0.3 is 5.73 Å². The van der Waals surface area contributed by atoms with E-state index in [9.17, 15) is 0 Å². The molecule has 0 radical (unpaired) electrons. The SMILES string of the molecule is NC1=Nc2ccc(Sc3ccccc3)cc2C1. The highest BCUT2D eigenvalue weighted by Gasteiger charge is 2.12. The number of aliphatic imine (C=N–C) groups is 1. The molecule has 0 atom stereocenters. The van der Waals surface area contributed by atoms with E-state index < -0.39 is 0 Å². The molecule has 1 heterocycles. The average molecular weight is 240 g/mol. The molecule has 2 aromatic carbocycles. The average Bonchev–Trinajstić information content (AvgIpc) is 2.70. The summed E-state index contributed by atoms with van der Waals surface area (Å²) < 4.78 is 0. The summed E-state index contributed by atoms with van der Waals surface area (Å²) in [5.74, 6) is 0.710. The third-order valence-corrected chi connectivity index (χ3v) is 3.66. The second kappa shape index (κ2) is 4.26. The summed E-state index contributed by atoms with van der Waals surface area (Å²) in [6.45, 7) is 0. The molecule has 0 aliphatic carbocycles. The van der Waals surface area contributed by atoms with Gasteiger partial charge in [0.25, 0.3) is 0 Å². The molecule has 0 unspecified atom stereocenters. The lowest BCUT2D eigenvalue weighted by molar-refractivity contribution is 1.31. The second-order valence-corrected chi connectivity index (χ2v) is 5.13. The smallest absolute Gasteiger partial charge is 0.104 e. The van der Waals surface area contributed by atoms with Crippen molar-refractivity contribution in [3.05, 3.63) is 54.1 Å². The molecule has 2 nitrogen and oxygen atoms in total. The number of amidine groups is 1. The van der Waals surface area contributed by atoms with Crippen molar-refractivity contribution in [3.63, 3.8) is 0 Å². The van der Waals surface area contributed by atoms with Gasteiger partial charge in [-0.1, -0.05) is 30.0 Å². The quantitative estimate of drug-likeness (QED) is 0.874. The summed E-state index contributed by atoms with van der Waals surface area (Å²) in [6, 6.07) is 16.7. The molecule has 3 rings (SSSR count). The van der Waals surface area contributed by atoms with Gasteiger partial charge in [-0.05, 0) is 35.9 Å². The van der Waals surface area contributed by atoms with Crippen molar-refractivity contribution in [1.29, 1.82) is 0 Å². The fourth-order valence-electron chi connectivity index (χ4n) is 1.89. The van der Waals surface area contributed by atoms with Crippen molar-refractivity contribution >= 4 is 23.3 Å². The Hall–Kier alpha value is -1.74. The van der Waals surface area contributed by atoms with Gasteiger partial charge in [-0.15, -0.1) is 0 Å². The number of fused-ring (bicyclic) bond motifs is 1. The summed E-state index contributed by atoms with van der Waals surface area (Å²) in [5.41, 5.74) is 7.97. The summed E-state index contributed by atoms with van der Waals surface area (Å²) >= 11 is 1.76. The lowest BCUT2D eigenvalue weighted by Crippen LogP contribution is -2.09. The topological polar surface area (TPSA) is 38.4 Å². The van der Waals surface area contributed by atoms with Crippen LogP contribution in [0.25, 0.3) is 0 Å². The Kier molecular flexibility index (Phi) is 2.61. The molecule has 2 aromatic rings. The van der Waals surface area contributed by atoms with Crippen LogP contribution >= 0.6 is 11.8 Å². The number of benzene rings is 2. The van der Waals surface area contributed by atoms with E-state index in [1.807, 2.05) is 12.1 Å². The Morgan fingerprint density at radius 3 is 2.65 bits per heavy atom. The first-order valence-corrected chi connectivity index (χ1v) is 6.32. The molecule has 0 bridgehead atoms. The highest BCUT2D eigenvalue weighted by Crippen LogP contribution is 2.33. The molecule has 0 saturated heterocycles. The summed E-state index contributed by atoms with van der Waals surface area (Å²) in [7, 11) is 0. The van der Waals surface area contributed by atoms with Gasteiger partial charge in [-0.3, -0.25) is 0 Å². The Morgan fingerprint density at radius 1 is 1.00 bits per heavy atom. The highest BCUT2D eigenvalue weighted by atomic mass is 32.2. The molecule has 2 N–H and O–H groups in total. The van der Waals surface area contributed by atoms with Crippen LogP contribution in [0, 0.1) is 0 Å². The van der Waals surface area contributed by atoms with Gasteiger partial charge >= 0.3 is 0 Å². The van der Waals surface area contributed by atoms with E-state index >= 15 is 0 Å². The van der Waals surface area contributed by atoms with Crippen molar-refractivity contribution in [2.24, 2.45) is 10.7 Å². The lowest BCUT2D eigenvalue weighted by Gasteiger charge is -2.03. The number of rotatable bonds is 2. The molecule has 0 aromatic heterocycles. The summed E-state index contributed by atoms with van der Waals surface area (Å²) in [6.07, 6.45) is 0.776. The lowest BCUT2D eigenvalue weighted by atomic mass is 10.1. The molecule has 0 amide bonds. The Morgan fingerprint density at radius 2 is 1.82 bits per heavy atom. The van der Waals surface area contributed by atoms with Crippen LogP contribution in [0.1, 0.15) is 5.56 Å². The first-order chi connectivity index (χ1) is 8.31. The maximum atomic E-state index is 5.73. The van der Waals surface area contributed by atoms with Gasteiger partial charge in [-0.25, -0.2) is 4.99 Å². The fraction of sp³-hybridized carbons (Fsp3) is 0.0714. The highest BCUT2D eigenvalue weighted by molar-refractivity contribution is 7.99. The minimum absolute atomic E-state index is 0.710.